The Morgan fingerprint density at radius 2 is 2.11 bits per heavy atom. The zero-order valence-electron chi connectivity index (χ0n) is 11.5. The van der Waals surface area contributed by atoms with Crippen LogP contribution in [0.15, 0.2) is 6.20 Å². The van der Waals surface area contributed by atoms with Crippen LogP contribution in [0.3, 0.4) is 0 Å². The quantitative estimate of drug-likeness (QED) is 0.778. The summed E-state index contributed by atoms with van der Waals surface area (Å²) in [5.41, 5.74) is 1.12. The van der Waals surface area contributed by atoms with Crippen molar-refractivity contribution in [1.29, 1.82) is 0 Å². The van der Waals surface area contributed by atoms with Crippen molar-refractivity contribution in [1.82, 2.24) is 9.97 Å². The Balaban J connectivity index is 1.84. The first-order valence-corrected chi connectivity index (χ1v) is 7.11. The van der Waals surface area contributed by atoms with Crippen molar-refractivity contribution in [2.24, 2.45) is 5.92 Å². The van der Waals surface area contributed by atoms with Gasteiger partial charge in [0.2, 0.25) is 5.95 Å². The predicted molar refractivity (Wildman–Crippen MR) is 76.0 cm³/mol. The lowest BCUT2D eigenvalue weighted by Crippen LogP contribution is -2.16. The van der Waals surface area contributed by atoms with E-state index in [9.17, 15) is 0 Å². The van der Waals surface area contributed by atoms with Crippen LogP contribution in [0.1, 0.15) is 44.6 Å². The average molecular weight is 248 g/mol. The summed E-state index contributed by atoms with van der Waals surface area (Å²) < 4.78 is 0. The number of nitrogens with zero attached hydrogens (tertiary/aromatic N) is 2. The van der Waals surface area contributed by atoms with E-state index < -0.39 is 0 Å². The largest absolute Gasteiger partial charge is 0.370 e. The summed E-state index contributed by atoms with van der Waals surface area (Å²) >= 11 is 0. The summed E-state index contributed by atoms with van der Waals surface area (Å²) in [6.45, 7) is 6.13. The topological polar surface area (TPSA) is 49.8 Å². The van der Waals surface area contributed by atoms with Gasteiger partial charge in [-0.05, 0) is 25.7 Å². The summed E-state index contributed by atoms with van der Waals surface area (Å²) in [7, 11) is 0. The molecule has 0 radical (unpaired) electrons. The van der Waals surface area contributed by atoms with Crippen LogP contribution in [-0.2, 0) is 0 Å². The molecule has 1 aliphatic rings. The molecule has 1 fully saturated rings. The van der Waals surface area contributed by atoms with Crippen molar-refractivity contribution in [2.75, 3.05) is 23.7 Å². The highest BCUT2D eigenvalue weighted by Crippen LogP contribution is 2.29. The van der Waals surface area contributed by atoms with Gasteiger partial charge < -0.3 is 10.6 Å². The smallest absolute Gasteiger partial charge is 0.224 e. The maximum atomic E-state index is 4.52. The molecule has 1 aromatic rings. The monoisotopic (exact) mass is 248 g/mol. The molecule has 1 aliphatic carbocycles. The number of hydrogen-bond donors (Lipinski definition) is 2. The average Bonchev–Trinajstić information content (AvgIpc) is 2.32. The van der Waals surface area contributed by atoms with Gasteiger partial charge in [0.15, 0.2) is 0 Å². The fraction of sp³-hybridized carbons (Fsp3) is 0.714. The minimum atomic E-state index is 0.730. The van der Waals surface area contributed by atoms with Gasteiger partial charge >= 0.3 is 0 Å². The van der Waals surface area contributed by atoms with E-state index in [0.717, 1.165) is 42.8 Å². The number of anilines is 2. The van der Waals surface area contributed by atoms with E-state index in [-0.39, 0.29) is 0 Å². The molecular weight excluding hydrogens is 224 g/mol. The molecule has 100 valence electrons. The van der Waals surface area contributed by atoms with Gasteiger partial charge in [-0.15, -0.1) is 0 Å². The second-order valence-corrected chi connectivity index (χ2v) is 5.16. The fourth-order valence-electron chi connectivity index (χ4n) is 2.12. The van der Waals surface area contributed by atoms with Crippen LogP contribution < -0.4 is 10.6 Å². The molecule has 0 amide bonds. The van der Waals surface area contributed by atoms with Gasteiger partial charge in [-0.3, -0.25) is 0 Å². The summed E-state index contributed by atoms with van der Waals surface area (Å²) in [6, 6.07) is 0. The molecule has 0 aromatic carbocycles. The molecule has 0 bridgehead atoms. The molecule has 1 heterocycles. The van der Waals surface area contributed by atoms with Gasteiger partial charge in [-0.2, -0.15) is 4.98 Å². The van der Waals surface area contributed by atoms with Gasteiger partial charge in [0.05, 0.1) is 0 Å². The number of aromatic nitrogens is 2. The Hall–Kier alpha value is -1.32. The molecular formula is C14H24N4. The SMILES string of the molecule is CCCNc1ncc(C)c(NCCC2CCC2)n1. The second-order valence-electron chi connectivity index (χ2n) is 5.16. The van der Waals surface area contributed by atoms with Crippen LogP contribution in [0, 0.1) is 12.8 Å². The van der Waals surface area contributed by atoms with Gasteiger partial charge in [0.25, 0.3) is 0 Å². The summed E-state index contributed by atoms with van der Waals surface area (Å²) in [4.78, 5) is 8.80. The van der Waals surface area contributed by atoms with Crippen LogP contribution in [0.2, 0.25) is 0 Å². The molecule has 0 saturated heterocycles. The number of hydrogen-bond acceptors (Lipinski definition) is 4. The second kappa shape index (κ2) is 6.57. The fourth-order valence-corrected chi connectivity index (χ4v) is 2.12. The molecule has 2 rings (SSSR count). The Labute approximate surface area is 110 Å². The van der Waals surface area contributed by atoms with E-state index in [1.807, 2.05) is 6.20 Å². The van der Waals surface area contributed by atoms with E-state index in [2.05, 4.69) is 34.4 Å². The van der Waals surface area contributed by atoms with Crippen LogP contribution in [-0.4, -0.2) is 23.1 Å². The lowest BCUT2D eigenvalue weighted by Gasteiger charge is -2.25. The zero-order valence-corrected chi connectivity index (χ0v) is 11.5. The number of rotatable bonds is 7. The Kier molecular flexibility index (Phi) is 4.79. The molecule has 18 heavy (non-hydrogen) atoms. The van der Waals surface area contributed by atoms with Crippen molar-refractivity contribution in [3.8, 4) is 0 Å². The predicted octanol–water partition coefficient (Wildman–Crippen LogP) is 3.21. The Morgan fingerprint density at radius 1 is 1.28 bits per heavy atom. The first-order chi connectivity index (χ1) is 8.79. The Morgan fingerprint density at radius 3 is 2.78 bits per heavy atom. The standard InChI is InChI=1S/C14H24N4/c1-3-8-16-14-17-10-11(2)13(18-14)15-9-7-12-5-4-6-12/h10,12H,3-9H2,1-2H3,(H2,15,16,17,18). The van der Waals surface area contributed by atoms with Crippen molar-refractivity contribution in [3.05, 3.63) is 11.8 Å². The van der Waals surface area contributed by atoms with Crippen molar-refractivity contribution in [3.63, 3.8) is 0 Å². The lowest BCUT2D eigenvalue weighted by atomic mass is 9.83. The van der Waals surface area contributed by atoms with Crippen molar-refractivity contribution >= 4 is 11.8 Å². The highest BCUT2D eigenvalue weighted by atomic mass is 15.1. The van der Waals surface area contributed by atoms with Gasteiger partial charge in [-0.25, -0.2) is 4.98 Å². The summed E-state index contributed by atoms with van der Waals surface area (Å²) in [5.74, 6) is 2.65. The van der Waals surface area contributed by atoms with Crippen LogP contribution >= 0.6 is 0 Å². The molecule has 0 aliphatic heterocycles. The van der Waals surface area contributed by atoms with Crippen molar-refractivity contribution in [2.45, 2.75) is 46.0 Å². The first kappa shape index (κ1) is 13.1. The zero-order chi connectivity index (χ0) is 12.8. The maximum absolute atomic E-state index is 4.52. The third kappa shape index (κ3) is 3.59. The number of aryl methyl sites for hydroxylation is 1. The van der Waals surface area contributed by atoms with E-state index >= 15 is 0 Å². The highest BCUT2D eigenvalue weighted by Gasteiger charge is 2.16. The maximum Gasteiger partial charge on any atom is 0.224 e. The van der Waals surface area contributed by atoms with Gasteiger partial charge in [-0.1, -0.05) is 26.2 Å². The highest BCUT2D eigenvalue weighted by molar-refractivity contribution is 5.46. The van der Waals surface area contributed by atoms with E-state index in [4.69, 9.17) is 0 Å². The van der Waals surface area contributed by atoms with Crippen LogP contribution in [0.5, 0.6) is 0 Å². The minimum Gasteiger partial charge on any atom is -0.370 e. The molecule has 4 heteroatoms. The molecule has 1 saturated carbocycles. The Bertz CT molecular complexity index is 374. The normalized spacial score (nSPS) is 15.2. The molecule has 1 aromatic heterocycles. The first-order valence-electron chi connectivity index (χ1n) is 7.11. The molecule has 4 nitrogen and oxygen atoms in total. The van der Waals surface area contributed by atoms with E-state index in [1.54, 1.807) is 0 Å². The number of nitrogens with one attached hydrogen (secondary N) is 2. The summed E-state index contributed by atoms with van der Waals surface area (Å²) in [5, 5.41) is 6.66. The molecule has 2 N–H and O–H groups in total. The molecule has 0 unspecified atom stereocenters. The van der Waals surface area contributed by atoms with Gasteiger partial charge in [0.1, 0.15) is 5.82 Å². The lowest BCUT2D eigenvalue weighted by molar-refractivity contribution is 0.303. The van der Waals surface area contributed by atoms with Crippen LogP contribution in [0.25, 0.3) is 0 Å². The molecule has 0 atom stereocenters. The third-order valence-electron chi connectivity index (χ3n) is 3.57. The minimum absolute atomic E-state index is 0.730. The summed E-state index contributed by atoms with van der Waals surface area (Å²) in [6.07, 6.45) is 8.48. The van der Waals surface area contributed by atoms with E-state index in [1.165, 1.54) is 25.7 Å². The van der Waals surface area contributed by atoms with Crippen molar-refractivity contribution < 1.29 is 0 Å². The van der Waals surface area contributed by atoms with Gasteiger partial charge in [0, 0.05) is 24.8 Å². The third-order valence-corrected chi connectivity index (χ3v) is 3.57. The molecule has 0 spiro atoms. The van der Waals surface area contributed by atoms with Crippen LogP contribution in [0.4, 0.5) is 11.8 Å². The van der Waals surface area contributed by atoms with E-state index in [0.29, 0.717) is 0 Å².